The summed E-state index contributed by atoms with van der Waals surface area (Å²) < 4.78 is 0. The molecule has 2 fully saturated rings. The van der Waals surface area contributed by atoms with Crippen LogP contribution in [0.15, 0.2) is 24.3 Å². The maximum Gasteiger partial charge on any atom is 0.255 e. The number of halogens is 1. The van der Waals surface area contributed by atoms with Crippen LogP contribution in [0.2, 0.25) is 0 Å². The van der Waals surface area contributed by atoms with Crippen LogP contribution in [0.4, 0.5) is 0 Å². The fourth-order valence-electron chi connectivity index (χ4n) is 3.72. The molecule has 2 saturated heterocycles. The molecule has 0 radical (unpaired) electrons. The first-order valence-electron chi connectivity index (χ1n) is 9.63. The Labute approximate surface area is 178 Å². The molecule has 2 amide bonds. The molecule has 7 heteroatoms. The molecule has 2 aliphatic heterocycles. The smallest absolute Gasteiger partial charge is 0.255 e. The Bertz CT molecular complexity index is 719. The summed E-state index contributed by atoms with van der Waals surface area (Å²) in [6, 6.07) is 7.43. The number of amides is 2. The molecule has 2 N–H and O–H groups in total. The van der Waals surface area contributed by atoms with Crippen molar-refractivity contribution in [3.63, 3.8) is 0 Å². The molecule has 2 atom stereocenters. The first-order valence-corrected chi connectivity index (χ1v) is 10.8. The lowest BCUT2D eigenvalue weighted by Gasteiger charge is -2.29. The van der Waals surface area contributed by atoms with E-state index in [9.17, 15) is 9.59 Å². The van der Waals surface area contributed by atoms with Gasteiger partial charge in [0.2, 0.25) is 5.91 Å². The van der Waals surface area contributed by atoms with Crippen molar-refractivity contribution in [1.29, 1.82) is 0 Å². The van der Waals surface area contributed by atoms with Crippen LogP contribution >= 0.6 is 24.2 Å². The second-order valence-corrected chi connectivity index (χ2v) is 10.1. The molecule has 2 unspecified atom stereocenters. The third-order valence-corrected chi connectivity index (χ3v) is 6.80. The van der Waals surface area contributed by atoms with Crippen molar-refractivity contribution in [2.75, 3.05) is 31.3 Å². The zero-order valence-electron chi connectivity index (χ0n) is 17.2. The molecule has 0 spiro atoms. The average molecular weight is 426 g/mol. The van der Waals surface area contributed by atoms with E-state index in [1.54, 1.807) is 16.7 Å². The van der Waals surface area contributed by atoms with E-state index < -0.39 is 0 Å². The lowest BCUT2D eigenvalue weighted by molar-refractivity contribution is -0.134. The number of hydrogen-bond donors (Lipinski definition) is 1. The van der Waals surface area contributed by atoms with Crippen molar-refractivity contribution in [3.05, 3.63) is 35.4 Å². The highest BCUT2D eigenvalue weighted by molar-refractivity contribution is 7.99. The summed E-state index contributed by atoms with van der Waals surface area (Å²) >= 11 is 1.65. The Hall–Kier alpha value is -1.24. The summed E-state index contributed by atoms with van der Waals surface area (Å²) in [4.78, 5) is 29.7. The summed E-state index contributed by atoms with van der Waals surface area (Å²) in [5.41, 5.74) is 7.77. The van der Waals surface area contributed by atoms with Crippen molar-refractivity contribution in [2.24, 2.45) is 11.1 Å². The zero-order chi connectivity index (χ0) is 19.8. The minimum atomic E-state index is -0.370. The van der Waals surface area contributed by atoms with E-state index in [0.717, 1.165) is 13.0 Å². The topological polar surface area (TPSA) is 66.6 Å². The predicted molar refractivity (Wildman–Crippen MR) is 118 cm³/mol. The van der Waals surface area contributed by atoms with Crippen LogP contribution in [0.5, 0.6) is 0 Å². The zero-order valence-corrected chi connectivity index (χ0v) is 18.9. The number of carbonyl (C=O) groups is 2. The normalized spacial score (nSPS) is 25.0. The van der Waals surface area contributed by atoms with E-state index in [1.807, 2.05) is 29.2 Å². The Kier molecular flexibility index (Phi) is 7.11. The monoisotopic (exact) mass is 425 g/mol. The fourth-order valence-corrected chi connectivity index (χ4v) is 4.86. The number of likely N-dealkylation sites (tertiary alicyclic amines) is 1. The van der Waals surface area contributed by atoms with Crippen LogP contribution in [-0.4, -0.2) is 58.9 Å². The molecule has 1 aromatic rings. The molecule has 2 aliphatic rings. The van der Waals surface area contributed by atoms with Crippen LogP contribution in [0.25, 0.3) is 0 Å². The summed E-state index contributed by atoms with van der Waals surface area (Å²) in [6.07, 6.45) is 0.928. The van der Waals surface area contributed by atoms with E-state index in [4.69, 9.17) is 5.73 Å². The number of hydrogen-bond acceptors (Lipinski definition) is 4. The number of rotatable bonds is 3. The number of benzene rings is 1. The number of thioether (sulfide) groups is 1. The fraction of sp³-hybridized carbons (Fsp3) is 0.619. The number of nitrogens with two attached hydrogens (primary N) is 1. The third kappa shape index (κ3) is 4.66. The summed E-state index contributed by atoms with van der Waals surface area (Å²) in [5.74, 6) is 1.25. The molecule has 156 valence electrons. The third-order valence-electron chi connectivity index (χ3n) is 5.79. The molecule has 0 aliphatic carbocycles. The molecular weight excluding hydrogens is 394 g/mol. The van der Waals surface area contributed by atoms with Gasteiger partial charge in [-0.1, -0.05) is 39.8 Å². The molecule has 0 saturated carbocycles. The predicted octanol–water partition coefficient (Wildman–Crippen LogP) is 3.12. The van der Waals surface area contributed by atoms with E-state index >= 15 is 0 Å². The lowest BCUT2D eigenvalue weighted by atomic mass is 9.86. The van der Waals surface area contributed by atoms with Crippen molar-refractivity contribution in [3.8, 4) is 0 Å². The van der Waals surface area contributed by atoms with E-state index in [0.29, 0.717) is 30.3 Å². The van der Waals surface area contributed by atoms with Gasteiger partial charge in [0.05, 0.1) is 5.88 Å². The molecule has 2 heterocycles. The van der Waals surface area contributed by atoms with E-state index in [2.05, 4.69) is 27.7 Å². The molecule has 0 aromatic heterocycles. The quantitative estimate of drug-likeness (QED) is 0.807. The first-order chi connectivity index (χ1) is 12.6. The van der Waals surface area contributed by atoms with Gasteiger partial charge in [-0.25, -0.2) is 0 Å². The largest absolute Gasteiger partial charge is 0.340 e. The maximum atomic E-state index is 13.1. The molecule has 3 rings (SSSR count). The van der Waals surface area contributed by atoms with Crippen molar-refractivity contribution in [1.82, 2.24) is 9.80 Å². The minimum absolute atomic E-state index is 0. The van der Waals surface area contributed by atoms with Gasteiger partial charge in [0.1, 0.15) is 6.04 Å². The highest BCUT2D eigenvalue weighted by atomic mass is 35.5. The van der Waals surface area contributed by atoms with Crippen molar-refractivity contribution in [2.45, 2.75) is 45.6 Å². The SMILES string of the molecule is CC1(CN)CCN(C(=O)C2CSCN2C(=O)c2ccc(C(C)(C)C)cc2)C1.Cl. The lowest BCUT2D eigenvalue weighted by Crippen LogP contribution is -2.49. The van der Waals surface area contributed by atoms with Crippen LogP contribution in [0.3, 0.4) is 0 Å². The molecule has 0 bridgehead atoms. The van der Waals surface area contributed by atoms with Gasteiger partial charge in [-0.15, -0.1) is 24.2 Å². The van der Waals surface area contributed by atoms with Crippen LogP contribution in [0, 0.1) is 5.41 Å². The van der Waals surface area contributed by atoms with Crippen molar-refractivity contribution >= 4 is 36.0 Å². The second-order valence-electron chi connectivity index (χ2n) is 9.14. The highest BCUT2D eigenvalue weighted by Crippen LogP contribution is 2.32. The summed E-state index contributed by atoms with van der Waals surface area (Å²) in [5, 5.41) is 0. The van der Waals surface area contributed by atoms with Crippen LogP contribution in [-0.2, 0) is 10.2 Å². The van der Waals surface area contributed by atoms with E-state index in [-0.39, 0.29) is 41.1 Å². The molecule has 1 aromatic carbocycles. The summed E-state index contributed by atoms with van der Waals surface area (Å²) in [6.45, 7) is 10.6. The van der Waals surface area contributed by atoms with Gasteiger partial charge >= 0.3 is 0 Å². The van der Waals surface area contributed by atoms with Crippen LogP contribution in [0.1, 0.15) is 50.0 Å². The van der Waals surface area contributed by atoms with Gasteiger partial charge in [-0.05, 0) is 41.5 Å². The Balaban J connectivity index is 0.00000280. The van der Waals surface area contributed by atoms with Gasteiger partial charge in [0.25, 0.3) is 5.91 Å². The molecular formula is C21H32ClN3O2S. The molecule has 5 nitrogen and oxygen atoms in total. The standard InChI is InChI=1S/C21H31N3O2S.ClH/c1-20(2,3)16-7-5-15(6-8-16)18(25)24-14-27-11-17(24)19(26)23-10-9-21(4,12-22)13-23;/h5-8,17H,9-14,22H2,1-4H3;1H. The number of nitrogens with zero attached hydrogens (tertiary/aromatic N) is 2. The van der Waals surface area contributed by atoms with Gasteiger partial charge < -0.3 is 15.5 Å². The number of carbonyl (C=O) groups excluding carboxylic acids is 2. The Morgan fingerprint density at radius 3 is 2.43 bits per heavy atom. The van der Waals surface area contributed by atoms with Gasteiger partial charge in [-0.2, -0.15) is 0 Å². The van der Waals surface area contributed by atoms with Gasteiger partial charge in [-0.3, -0.25) is 9.59 Å². The highest BCUT2D eigenvalue weighted by Gasteiger charge is 2.42. The second kappa shape index (κ2) is 8.64. The molecule has 28 heavy (non-hydrogen) atoms. The first kappa shape index (κ1) is 23.0. The van der Waals surface area contributed by atoms with Crippen molar-refractivity contribution < 1.29 is 9.59 Å². The minimum Gasteiger partial charge on any atom is -0.340 e. The Morgan fingerprint density at radius 2 is 1.89 bits per heavy atom. The maximum absolute atomic E-state index is 13.1. The summed E-state index contributed by atoms with van der Waals surface area (Å²) in [7, 11) is 0. The van der Waals surface area contributed by atoms with E-state index in [1.165, 1.54) is 5.56 Å². The van der Waals surface area contributed by atoms with Gasteiger partial charge in [0.15, 0.2) is 0 Å². The van der Waals surface area contributed by atoms with Crippen LogP contribution < -0.4 is 5.73 Å². The average Bonchev–Trinajstić information content (AvgIpc) is 3.27. The Morgan fingerprint density at radius 1 is 1.25 bits per heavy atom. The van der Waals surface area contributed by atoms with Gasteiger partial charge in [0, 0.05) is 24.4 Å².